The molecule has 2 aromatic heterocycles. The molecule has 0 radical (unpaired) electrons. The second kappa shape index (κ2) is 57.9. The quantitative estimate of drug-likeness (QED) is 0.0142. The van der Waals surface area contributed by atoms with E-state index in [0.717, 1.165) is 21.6 Å². The second-order valence-electron chi connectivity index (χ2n) is 29.8. The van der Waals surface area contributed by atoms with E-state index in [-0.39, 0.29) is 47.3 Å². The van der Waals surface area contributed by atoms with E-state index < -0.39 is 363 Å². The van der Waals surface area contributed by atoms with Crippen molar-refractivity contribution in [1.82, 2.24) is 68.0 Å². The first-order valence-electron chi connectivity index (χ1n) is 40.0. The molecule has 54 heteroatoms. The predicted molar refractivity (Wildman–Crippen MR) is 443 cm³/mol. The van der Waals surface area contributed by atoms with E-state index in [2.05, 4.69) is 67.9 Å². The highest BCUT2D eigenvalue weighted by molar-refractivity contribution is 8.76. The molecule has 0 saturated heterocycles. The number of carbonyl (C=O) groups excluding carboxylic acids is 12. The van der Waals surface area contributed by atoms with Crippen LogP contribution in [0.15, 0.2) is 35.3 Å². The third-order valence-corrected chi connectivity index (χ3v) is 21.8. The highest BCUT2D eigenvalue weighted by Crippen LogP contribution is 2.26. The lowest BCUT2D eigenvalue weighted by Gasteiger charge is -2.26. The number of nitrogens with zero attached hydrogens (tertiary/aromatic N) is 3. The molecule has 52 nitrogen and oxygen atoms in total. The molecule has 0 aliphatic rings. The zero-order chi connectivity index (χ0) is 97.1. The van der Waals surface area contributed by atoms with Gasteiger partial charge in [-0.15, -0.1) is 0 Å². The van der Waals surface area contributed by atoms with Gasteiger partial charge in [0.1, 0.15) is 79.4 Å². The number of aliphatic carboxylic acids is 4. The van der Waals surface area contributed by atoms with Gasteiger partial charge in [-0.05, 0) is 62.8 Å². The monoisotopic (exact) mass is 1880 g/mol. The maximum Gasteiger partial charge on any atom is 0.426 e. The fourth-order valence-electron chi connectivity index (χ4n) is 11.6. The first-order valence-corrected chi connectivity index (χ1v) is 42.5. The molecule has 0 spiro atoms. The molecule has 722 valence electrons. The summed E-state index contributed by atoms with van der Waals surface area (Å²) in [6, 6.07) is -2.40. The van der Waals surface area contributed by atoms with Crippen molar-refractivity contribution in [2.75, 3.05) is 68.6 Å². The third-order valence-electron chi connectivity index (χ3n) is 19.4. The lowest BCUT2D eigenvalue weighted by Crippen LogP contribution is -2.50. The summed E-state index contributed by atoms with van der Waals surface area (Å²) in [5.41, 5.74) is 9.51. The maximum absolute atomic E-state index is 14.9. The van der Waals surface area contributed by atoms with Gasteiger partial charge in [0.05, 0.1) is 68.7 Å². The van der Waals surface area contributed by atoms with E-state index in [1.807, 2.05) is 5.43 Å². The number of hydrogen-bond donors (Lipinski definition) is 31. The van der Waals surface area contributed by atoms with Crippen LogP contribution in [0, 0.1) is 23.7 Å². The van der Waals surface area contributed by atoms with Crippen molar-refractivity contribution >= 4 is 139 Å². The number of carboxylic acid groups (broad SMARTS) is 4. The molecule has 32 N–H and O–H groups in total. The van der Waals surface area contributed by atoms with Crippen molar-refractivity contribution in [1.29, 1.82) is 0 Å². The molecule has 0 fully saturated rings. The number of carboxylic acids is 4. The summed E-state index contributed by atoms with van der Waals surface area (Å²) >= 11 is 0. The van der Waals surface area contributed by atoms with E-state index in [9.17, 15) is 179 Å². The van der Waals surface area contributed by atoms with Crippen LogP contribution < -0.4 is 64.7 Å². The number of anilines is 2. The van der Waals surface area contributed by atoms with Gasteiger partial charge < -0.3 is 150 Å². The number of carbonyl (C=O) groups is 16. The lowest BCUT2D eigenvalue weighted by molar-refractivity contribution is -0.142. The summed E-state index contributed by atoms with van der Waals surface area (Å²) in [6.45, 7) is -3.19. The minimum Gasteiger partial charge on any atom is -0.481 e. The molecule has 0 unspecified atom stereocenters. The molecule has 9 amide bonds. The van der Waals surface area contributed by atoms with Crippen LogP contribution in [0.5, 0.6) is 0 Å². The van der Waals surface area contributed by atoms with Gasteiger partial charge in [0, 0.05) is 124 Å². The average molecular weight is 1880 g/mol. The Balaban J connectivity index is 2.09. The van der Waals surface area contributed by atoms with Crippen LogP contribution in [0.1, 0.15) is 126 Å². The van der Waals surface area contributed by atoms with Gasteiger partial charge in [0.25, 0.3) is 11.5 Å². The number of aliphatic hydroxyl groups is 15. The smallest absolute Gasteiger partial charge is 0.426 e. The van der Waals surface area contributed by atoms with Crippen LogP contribution in [0.25, 0.3) is 11.2 Å². The number of ether oxygens (including phenoxy) is 1. The number of fused-ring (bicyclic) bond motifs is 1. The fraction of sp³-hybridized carbons (Fsp3) is 0.627. The summed E-state index contributed by atoms with van der Waals surface area (Å²) in [5.74, 6) is -25.8. The van der Waals surface area contributed by atoms with Crippen molar-refractivity contribution in [2.45, 2.75) is 214 Å². The number of nitrogens with two attached hydrogens (primary N) is 1. The van der Waals surface area contributed by atoms with E-state index in [1.54, 1.807) is 13.8 Å². The van der Waals surface area contributed by atoms with Crippen molar-refractivity contribution < 1.29 is 178 Å². The highest BCUT2D eigenvalue weighted by Gasteiger charge is 2.39. The van der Waals surface area contributed by atoms with Gasteiger partial charge >= 0.3 is 30.0 Å². The number of nitrogens with one attached hydrogen (secondary N) is 11. The molecule has 2 heterocycles. The van der Waals surface area contributed by atoms with Crippen molar-refractivity contribution in [3.05, 3.63) is 52.1 Å². The largest absolute Gasteiger partial charge is 0.481 e. The molecule has 129 heavy (non-hydrogen) atoms. The zero-order valence-electron chi connectivity index (χ0n) is 69.7. The Labute approximate surface area is 740 Å². The Hall–Kier alpha value is -10.9. The van der Waals surface area contributed by atoms with Crippen LogP contribution in [0.4, 0.5) is 16.4 Å². The topological polar surface area (TPSA) is 885 Å². The van der Waals surface area contributed by atoms with Gasteiger partial charge in [-0.2, -0.15) is 4.98 Å². The lowest BCUT2D eigenvalue weighted by atomic mass is 9.89. The standard InChI is InChI=1S/C75H113N15O37S2/c1-33(2)66(116)89-90-75(126)127-19-20-128-129-32-44(73(124)125)86-70(120)37(7-16-55(105)80-28-49(99)61(112)64(115)52(102)31-93)23-46(96)42(13-18-57(108)109)84-69(119)36(6-15-54(104)79-27-48(98)60(111)63(114)51(101)30-92)22-45(95)41(12-17-56(106)107)83-68(118)35(5-14-53(103)78-26-47(97)59(110)62(113)50(100)29-91)21-40(94)10-11-43(72(122)123)85-67(117)34-3-8-38(9-4-34)77-24-39-25-81-65-58(82-39)71(121)88-74(76)87-65/h3-4,8-9,25,33,35-37,41-44,47-52,59-64,77,91-93,97-102,110-115H,5-7,10-24,26-32H2,1-2H3,(H,78,103)(H,79,104)(H,80,105)(H,83,118)(H,84,119)(H,85,117)(H,86,120)(H,89,116)(H,90,126)(H,106,107)(H,108,109)(H,122,123)(H,124,125)(H3,76,81,87,88,121)/t35-,36-,37-,41+,42+,43+,44+,47+,48+,49+,50-,51-,52-,59-,60-,61-,62-,63-,64-/m1/s1. The van der Waals surface area contributed by atoms with Gasteiger partial charge in [0.2, 0.25) is 47.3 Å². The highest BCUT2D eigenvalue weighted by atomic mass is 33.1. The zero-order valence-corrected chi connectivity index (χ0v) is 71.3. The third kappa shape index (κ3) is 41.2. The number of amides is 9. The van der Waals surface area contributed by atoms with E-state index in [4.69, 9.17) is 10.5 Å². The number of Topliss-reactive ketones (excluding diaryl/α,β-unsaturated/α-hetero) is 3. The number of aromatic nitrogens is 4. The molecule has 0 aliphatic heterocycles. The SMILES string of the molecule is CC(C)C(=O)NNC(=O)OCCSSC[C@H](NC(=O)[C@H](CCC(=O)NC[C@H](O)[C@@H](O)[C@H](O)[C@H](O)CO)CC(=O)[C@H](CCC(=O)O)NC(=O)[C@H](CCC(=O)NC[C@H](O)[C@@H](O)[C@H](O)[C@H](O)CO)CC(=O)[C@H](CCC(=O)O)NC(=O)[C@H](CCC(=O)NC[C@H](O)[C@@H](O)[C@H](O)[C@H](O)CO)CC(=O)CC[C@H](NC(=O)c1ccc(NCc2cnc3nc(N)[nH]c(=O)c3n2)cc1)C(=O)O)C(=O)O. The van der Waals surface area contributed by atoms with Gasteiger partial charge in [-0.3, -0.25) is 77.5 Å². The van der Waals surface area contributed by atoms with Crippen LogP contribution >= 0.6 is 21.6 Å². The molecule has 3 aromatic rings. The number of benzene rings is 1. The summed E-state index contributed by atoms with van der Waals surface area (Å²) in [6.07, 6.45) is -38.4. The molecule has 19 atom stereocenters. The molecule has 0 saturated carbocycles. The summed E-state index contributed by atoms with van der Waals surface area (Å²) < 4.78 is 4.95. The minimum atomic E-state index is -2.24. The van der Waals surface area contributed by atoms with Gasteiger partial charge in [-0.25, -0.2) is 29.8 Å². The van der Waals surface area contributed by atoms with Crippen molar-refractivity contribution in [2.24, 2.45) is 23.7 Å². The Morgan fingerprint density at radius 1 is 0.473 bits per heavy atom. The minimum absolute atomic E-state index is 0.00196. The molecular formula is C75H113N15O37S2. The normalized spacial score (nSPS) is 15.9. The average Bonchev–Trinajstić information content (AvgIpc) is 0.805. The van der Waals surface area contributed by atoms with Crippen LogP contribution in [-0.4, -0.2) is 367 Å². The number of aromatic amines is 1. The van der Waals surface area contributed by atoms with Crippen molar-refractivity contribution in [3.8, 4) is 0 Å². The van der Waals surface area contributed by atoms with Crippen LogP contribution in [0.2, 0.25) is 0 Å². The molecule has 0 bridgehead atoms. The van der Waals surface area contributed by atoms with Crippen LogP contribution in [0.3, 0.4) is 0 Å². The fourth-order valence-corrected chi connectivity index (χ4v) is 13.6. The molecular weight excluding hydrogens is 1770 g/mol. The maximum atomic E-state index is 14.9. The number of ketones is 3. The summed E-state index contributed by atoms with van der Waals surface area (Å²) in [5, 5.41) is 209. The Kier molecular flexibility index (Phi) is 50.4. The predicted octanol–water partition coefficient (Wildman–Crippen LogP) is -10.3. The number of rotatable bonds is 64. The molecule has 3 rings (SSSR count). The Morgan fingerprint density at radius 2 is 0.884 bits per heavy atom. The van der Waals surface area contributed by atoms with E-state index in [0.29, 0.717) is 5.69 Å². The molecule has 0 aliphatic carbocycles. The Bertz CT molecular complexity index is 4300. The second-order valence-corrected chi connectivity index (χ2v) is 32.4. The van der Waals surface area contributed by atoms with Crippen molar-refractivity contribution in [3.63, 3.8) is 0 Å². The number of hydrogen-bond acceptors (Lipinski definition) is 40. The Morgan fingerprint density at radius 3 is 1.29 bits per heavy atom. The summed E-state index contributed by atoms with van der Waals surface area (Å²) in [7, 11) is 1.74. The van der Waals surface area contributed by atoms with Gasteiger partial charge in [-0.1, -0.05) is 35.4 Å². The first-order chi connectivity index (χ1) is 60.7. The first kappa shape index (κ1) is 112. The van der Waals surface area contributed by atoms with Gasteiger partial charge in [0.15, 0.2) is 22.7 Å². The number of aliphatic hydroxyl groups excluding tert-OH is 15. The van der Waals surface area contributed by atoms with E-state index in [1.165, 1.54) is 30.5 Å². The number of nitrogen functional groups attached to an aromatic ring is 1. The summed E-state index contributed by atoms with van der Waals surface area (Å²) in [4.78, 5) is 242. The van der Waals surface area contributed by atoms with Crippen LogP contribution in [-0.2, 0) is 78.4 Å². The van der Waals surface area contributed by atoms with E-state index >= 15 is 0 Å². The number of H-pyrrole nitrogens is 1. The molecule has 1 aromatic carbocycles. The number of hydrazine groups is 1.